The predicted octanol–water partition coefficient (Wildman–Crippen LogP) is 0.174. The van der Waals surface area contributed by atoms with E-state index in [0.29, 0.717) is 32.5 Å². The largest absolute Gasteiger partial charge is 0.480 e. The maximum atomic E-state index is 10.5. The topological polar surface area (TPSA) is 89.6 Å². The van der Waals surface area contributed by atoms with Crippen LogP contribution in [-0.2, 0) is 14.3 Å². The molecule has 5 heteroatoms. The molecule has 0 aliphatic carbocycles. The first-order chi connectivity index (χ1) is 6.54. The molecule has 14 heavy (non-hydrogen) atoms. The molecule has 0 bridgehead atoms. The molecule has 0 heterocycles. The summed E-state index contributed by atoms with van der Waals surface area (Å²) in [5.41, 5.74) is 5.27. The van der Waals surface area contributed by atoms with Crippen LogP contribution in [0.3, 0.4) is 0 Å². The normalized spacial score (nSPS) is 12.4. The number of nitrogens with two attached hydrogens (primary N) is 1. The van der Waals surface area contributed by atoms with Crippen LogP contribution in [0.4, 0.5) is 0 Å². The highest BCUT2D eigenvalue weighted by molar-refractivity contribution is 5.75. The lowest BCUT2D eigenvalue weighted by Crippen LogP contribution is -2.30. The third-order valence-corrected chi connectivity index (χ3v) is 1.72. The number of carbonyl (C=O) groups is 2. The van der Waals surface area contributed by atoms with Gasteiger partial charge in [-0.1, -0.05) is 0 Å². The molecule has 5 nitrogen and oxygen atoms in total. The number of rotatable bonds is 8. The Morgan fingerprint density at radius 2 is 2.07 bits per heavy atom. The van der Waals surface area contributed by atoms with Crippen molar-refractivity contribution in [1.29, 1.82) is 0 Å². The number of ketones is 1. The van der Waals surface area contributed by atoms with Gasteiger partial charge in [-0.25, -0.2) is 0 Å². The molecular formula is C9H17NO4. The van der Waals surface area contributed by atoms with Crippen molar-refractivity contribution in [3.05, 3.63) is 0 Å². The minimum absolute atomic E-state index is 0.0900. The quantitative estimate of drug-likeness (QED) is 0.549. The number of carboxylic acid groups (broad SMARTS) is 1. The van der Waals surface area contributed by atoms with Crippen LogP contribution >= 0.6 is 0 Å². The zero-order valence-electron chi connectivity index (χ0n) is 8.36. The number of ether oxygens (including phenoxy) is 1. The highest BCUT2D eigenvalue weighted by Gasteiger charge is 2.09. The van der Waals surface area contributed by atoms with E-state index in [-0.39, 0.29) is 5.78 Å². The molecule has 0 spiro atoms. The van der Waals surface area contributed by atoms with Gasteiger partial charge in [-0.3, -0.25) is 9.59 Å². The van der Waals surface area contributed by atoms with Gasteiger partial charge in [-0.05, 0) is 19.8 Å². The SMILES string of the molecule is CC(=O)CCOCCCC(N)C(=O)O. The molecule has 0 amide bonds. The van der Waals surface area contributed by atoms with Crippen molar-refractivity contribution in [1.82, 2.24) is 0 Å². The number of hydrogen-bond acceptors (Lipinski definition) is 4. The number of carbonyl (C=O) groups excluding carboxylic acids is 1. The lowest BCUT2D eigenvalue weighted by atomic mass is 10.2. The van der Waals surface area contributed by atoms with Crippen molar-refractivity contribution in [2.75, 3.05) is 13.2 Å². The van der Waals surface area contributed by atoms with Gasteiger partial charge in [0.25, 0.3) is 0 Å². The second-order valence-corrected chi connectivity index (χ2v) is 3.15. The number of carboxylic acids is 1. The van der Waals surface area contributed by atoms with E-state index in [1.165, 1.54) is 6.92 Å². The van der Waals surface area contributed by atoms with Crippen LogP contribution in [0, 0.1) is 0 Å². The first-order valence-corrected chi connectivity index (χ1v) is 4.59. The molecule has 0 aliphatic rings. The lowest BCUT2D eigenvalue weighted by Gasteiger charge is -2.06. The summed E-state index contributed by atoms with van der Waals surface area (Å²) in [6, 6.07) is -0.814. The highest BCUT2D eigenvalue weighted by Crippen LogP contribution is 1.96. The molecule has 3 N–H and O–H groups in total. The summed E-state index contributed by atoms with van der Waals surface area (Å²) in [6.07, 6.45) is 1.41. The Kier molecular flexibility index (Phi) is 6.96. The molecule has 0 aromatic carbocycles. The molecule has 0 saturated heterocycles. The van der Waals surface area contributed by atoms with Crippen molar-refractivity contribution in [2.45, 2.75) is 32.2 Å². The average molecular weight is 203 g/mol. The molecule has 0 fully saturated rings. The van der Waals surface area contributed by atoms with Gasteiger partial charge in [0.2, 0.25) is 0 Å². The van der Waals surface area contributed by atoms with Crippen molar-refractivity contribution in [3.63, 3.8) is 0 Å². The molecule has 1 unspecified atom stereocenters. The molecule has 0 aromatic heterocycles. The minimum atomic E-state index is -0.992. The van der Waals surface area contributed by atoms with Crippen LogP contribution in [0.5, 0.6) is 0 Å². The summed E-state index contributed by atoms with van der Waals surface area (Å²) in [5, 5.41) is 8.45. The first kappa shape index (κ1) is 13.1. The monoisotopic (exact) mass is 203 g/mol. The Labute approximate surface area is 83.2 Å². The maximum Gasteiger partial charge on any atom is 0.320 e. The second kappa shape index (κ2) is 7.46. The van der Waals surface area contributed by atoms with Crippen LogP contribution < -0.4 is 5.73 Å². The van der Waals surface area contributed by atoms with Crippen LogP contribution in [0.15, 0.2) is 0 Å². The van der Waals surface area contributed by atoms with E-state index in [1.54, 1.807) is 0 Å². The van der Waals surface area contributed by atoms with Gasteiger partial charge in [0.05, 0.1) is 6.61 Å². The Balaban J connectivity index is 3.21. The van der Waals surface area contributed by atoms with Crippen LogP contribution in [0.1, 0.15) is 26.2 Å². The summed E-state index contributed by atoms with van der Waals surface area (Å²) in [5.74, 6) is -0.902. The summed E-state index contributed by atoms with van der Waals surface area (Å²) in [7, 11) is 0. The van der Waals surface area contributed by atoms with Crippen molar-refractivity contribution < 1.29 is 19.4 Å². The summed E-state index contributed by atoms with van der Waals surface area (Å²) < 4.78 is 5.11. The first-order valence-electron chi connectivity index (χ1n) is 4.59. The van der Waals surface area contributed by atoms with Crippen LogP contribution in [0.25, 0.3) is 0 Å². The maximum absolute atomic E-state index is 10.5. The standard InChI is InChI=1S/C9H17NO4/c1-7(11)4-6-14-5-2-3-8(10)9(12)13/h8H,2-6,10H2,1H3,(H,12,13). The highest BCUT2D eigenvalue weighted by atomic mass is 16.5. The predicted molar refractivity (Wildman–Crippen MR) is 51.0 cm³/mol. The fourth-order valence-electron chi connectivity index (χ4n) is 0.847. The molecule has 0 aliphatic heterocycles. The smallest absolute Gasteiger partial charge is 0.320 e. The van der Waals surface area contributed by atoms with Gasteiger partial charge in [-0.15, -0.1) is 0 Å². The Hall–Kier alpha value is -0.940. The van der Waals surface area contributed by atoms with E-state index in [0.717, 1.165) is 0 Å². The fraction of sp³-hybridized carbons (Fsp3) is 0.778. The van der Waals surface area contributed by atoms with E-state index in [4.69, 9.17) is 15.6 Å². The van der Waals surface area contributed by atoms with Crippen molar-refractivity contribution in [2.24, 2.45) is 5.73 Å². The van der Waals surface area contributed by atoms with Crippen molar-refractivity contribution in [3.8, 4) is 0 Å². The Morgan fingerprint density at radius 1 is 1.43 bits per heavy atom. The molecule has 82 valence electrons. The second-order valence-electron chi connectivity index (χ2n) is 3.15. The number of hydrogen-bond donors (Lipinski definition) is 2. The van der Waals surface area contributed by atoms with Crippen molar-refractivity contribution >= 4 is 11.8 Å². The van der Waals surface area contributed by atoms with Gasteiger partial charge < -0.3 is 15.6 Å². The van der Waals surface area contributed by atoms with E-state index < -0.39 is 12.0 Å². The third kappa shape index (κ3) is 7.70. The number of aliphatic carboxylic acids is 1. The third-order valence-electron chi connectivity index (χ3n) is 1.72. The zero-order valence-corrected chi connectivity index (χ0v) is 8.36. The summed E-state index contributed by atoms with van der Waals surface area (Å²) >= 11 is 0. The molecule has 0 saturated carbocycles. The molecule has 1 atom stereocenters. The van der Waals surface area contributed by atoms with Crippen LogP contribution in [-0.4, -0.2) is 36.1 Å². The molecule has 0 radical (unpaired) electrons. The van der Waals surface area contributed by atoms with Gasteiger partial charge >= 0.3 is 5.97 Å². The van der Waals surface area contributed by atoms with E-state index in [1.807, 2.05) is 0 Å². The molecular weight excluding hydrogens is 186 g/mol. The van der Waals surface area contributed by atoms with Gasteiger partial charge in [0, 0.05) is 13.0 Å². The Bertz CT molecular complexity index is 193. The van der Waals surface area contributed by atoms with Gasteiger partial charge in [0.1, 0.15) is 11.8 Å². The Morgan fingerprint density at radius 3 is 2.57 bits per heavy atom. The molecule has 0 rings (SSSR count). The van der Waals surface area contributed by atoms with E-state index in [2.05, 4.69) is 0 Å². The summed E-state index contributed by atoms with van der Waals surface area (Å²) in [6.45, 7) is 2.36. The van der Waals surface area contributed by atoms with Gasteiger partial charge in [-0.2, -0.15) is 0 Å². The van der Waals surface area contributed by atoms with E-state index >= 15 is 0 Å². The fourth-order valence-corrected chi connectivity index (χ4v) is 0.847. The minimum Gasteiger partial charge on any atom is -0.480 e. The van der Waals surface area contributed by atoms with Gasteiger partial charge in [0.15, 0.2) is 0 Å². The lowest BCUT2D eigenvalue weighted by molar-refractivity contribution is -0.138. The van der Waals surface area contributed by atoms with E-state index in [9.17, 15) is 9.59 Å². The summed E-state index contributed by atoms with van der Waals surface area (Å²) in [4.78, 5) is 20.8. The van der Waals surface area contributed by atoms with Crippen LogP contribution in [0.2, 0.25) is 0 Å². The average Bonchev–Trinajstić information content (AvgIpc) is 2.09. The molecule has 0 aromatic rings. The number of Topliss-reactive ketones (excluding diaryl/α,β-unsaturated/α-hetero) is 1. The zero-order chi connectivity index (χ0) is 11.0.